The number of hydrogen-bond donors (Lipinski definition) is 1. The number of sulfonamides is 1. The molecule has 0 aliphatic rings. The summed E-state index contributed by atoms with van der Waals surface area (Å²) in [5.41, 5.74) is 0.399. The molecule has 1 aromatic heterocycles. The van der Waals surface area contributed by atoms with Crippen LogP contribution >= 0.6 is 0 Å². The second kappa shape index (κ2) is 5.29. The van der Waals surface area contributed by atoms with E-state index in [1.165, 1.54) is 19.2 Å². The van der Waals surface area contributed by atoms with Crippen molar-refractivity contribution in [3.63, 3.8) is 0 Å². The lowest BCUT2D eigenvalue weighted by Gasteiger charge is -2.15. The lowest BCUT2D eigenvalue weighted by molar-refractivity contribution is 0.456. The third-order valence-electron chi connectivity index (χ3n) is 2.86. The number of hydrogen-bond acceptors (Lipinski definition) is 4. The number of H-pyrrole nitrogens is 1. The monoisotopic (exact) mass is 298 g/mol. The van der Waals surface area contributed by atoms with Gasteiger partial charge in [0.2, 0.25) is 10.0 Å². The number of rotatable bonds is 4. The van der Waals surface area contributed by atoms with Gasteiger partial charge in [-0.25, -0.2) is 17.8 Å². The molecule has 0 aliphatic heterocycles. The van der Waals surface area contributed by atoms with Gasteiger partial charge in [0, 0.05) is 7.05 Å². The van der Waals surface area contributed by atoms with E-state index >= 15 is 0 Å². The van der Waals surface area contributed by atoms with Crippen molar-refractivity contribution in [3.05, 3.63) is 41.2 Å². The van der Waals surface area contributed by atoms with Gasteiger partial charge in [-0.1, -0.05) is 6.07 Å². The van der Waals surface area contributed by atoms with Crippen molar-refractivity contribution < 1.29 is 12.8 Å². The van der Waals surface area contributed by atoms with Gasteiger partial charge < -0.3 is 0 Å². The molecule has 1 aromatic carbocycles. The fraction of sp³-hybridized carbons (Fsp3) is 0.333. The van der Waals surface area contributed by atoms with E-state index in [0.29, 0.717) is 17.2 Å². The van der Waals surface area contributed by atoms with Crippen LogP contribution < -0.4 is 0 Å². The number of aromatic nitrogens is 3. The molecule has 2 aromatic rings. The van der Waals surface area contributed by atoms with Crippen LogP contribution in [-0.2, 0) is 16.6 Å². The summed E-state index contributed by atoms with van der Waals surface area (Å²) in [6.07, 6.45) is 0. The number of aromatic amines is 1. The summed E-state index contributed by atoms with van der Waals surface area (Å²) in [5, 5.41) is 6.52. The lowest BCUT2D eigenvalue weighted by atomic mass is 10.2. The van der Waals surface area contributed by atoms with Crippen LogP contribution in [0.4, 0.5) is 4.39 Å². The first-order valence-electron chi connectivity index (χ1n) is 5.91. The number of nitrogens with one attached hydrogen (secondary N) is 1. The zero-order chi connectivity index (χ0) is 14.9. The van der Waals surface area contributed by atoms with Gasteiger partial charge in [-0.05, 0) is 31.5 Å². The molecule has 0 aliphatic carbocycles. The minimum atomic E-state index is -3.77. The van der Waals surface area contributed by atoms with E-state index in [2.05, 4.69) is 15.2 Å². The zero-order valence-corrected chi connectivity index (χ0v) is 12.2. The van der Waals surface area contributed by atoms with Gasteiger partial charge in [-0.15, -0.1) is 0 Å². The fourth-order valence-electron chi connectivity index (χ4n) is 1.66. The molecule has 1 N–H and O–H groups in total. The van der Waals surface area contributed by atoms with Crippen molar-refractivity contribution in [2.24, 2.45) is 0 Å². The first-order chi connectivity index (χ1) is 9.30. The van der Waals surface area contributed by atoms with Crippen LogP contribution in [0.5, 0.6) is 0 Å². The SMILES string of the molecule is Cc1nc(CN(C)S(=O)(=O)c2ccc(C)c(F)c2)n[nH]1. The highest BCUT2D eigenvalue weighted by Gasteiger charge is 2.23. The Balaban J connectivity index is 2.27. The summed E-state index contributed by atoms with van der Waals surface area (Å²) in [6, 6.07) is 3.84. The topological polar surface area (TPSA) is 79.0 Å². The van der Waals surface area contributed by atoms with Gasteiger partial charge in [0.25, 0.3) is 0 Å². The van der Waals surface area contributed by atoms with E-state index in [9.17, 15) is 12.8 Å². The Labute approximate surface area is 116 Å². The van der Waals surface area contributed by atoms with E-state index in [1.807, 2.05) is 0 Å². The lowest BCUT2D eigenvalue weighted by Crippen LogP contribution is -2.27. The standard InChI is InChI=1S/C12H15FN4O2S/c1-8-4-5-10(6-11(8)13)20(18,19)17(3)7-12-14-9(2)15-16-12/h4-6H,7H2,1-3H3,(H,14,15,16). The number of halogens is 1. The van der Waals surface area contributed by atoms with Gasteiger partial charge in [-0.3, -0.25) is 5.10 Å². The average Bonchev–Trinajstić information content (AvgIpc) is 2.78. The Bertz CT molecular complexity index is 727. The fourth-order valence-corrected chi connectivity index (χ4v) is 2.80. The number of aryl methyl sites for hydroxylation is 2. The molecule has 0 bridgehead atoms. The van der Waals surface area contributed by atoms with Crippen LogP contribution in [0.25, 0.3) is 0 Å². The van der Waals surface area contributed by atoms with E-state index < -0.39 is 15.8 Å². The van der Waals surface area contributed by atoms with Gasteiger partial charge in [0.05, 0.1) is 11.4 Å². The van der Waals surface area contributed by atoms with Crippen molar-refractivity contribution in [1.82, 2.24) is 19.5 Å². The molecule has 6 nitrogen and oxygen atoms in total. The van der Waals surface area contributed by atoms with E-state index in [4.69, 9.17) is 0 Å². The zero-order valence-electron chi connectivity index (χ0n) is 11.4. The molecule has 0 saturated heterocycles. The first-order valence-corrected chi connectivity index (χ1v) is 7.35. The third-order valence-corrected chi connectivity index (χ3v) is 4.66. The summed E-state index contributed by atoms with van der Waals surface area (Å²) < 4.78 is 39.2. The molecule has 0 unspecified atom stereocenters. The summed E-state index contributed by atoms with van der Waals surface area (Å²) in [4.78, 5) is 3.96. The highest BCUT2D eigenvalue weighted by Crippen LogP contribution is 2.18. The van der Waals surface area contributed by atoms with Crippen molar-refractivity contribution in [2.45, 2.75) is 25.3 Å². The highest BCUT2D eigenvalue weighted by atomic mass is 32.2. The summed E-state index contributed by atoms with van der Waals surface area (Å²) in [5.74, 6) is 0.418. The minimum Gasteiger partial charge on any atom is -0.263 e. The van der Waals surface area contributed by atoms with Crippen LogP contribution in [0, 0.1) is 19.7 Å². The predicted molar refractivity (Wildman–Crippen MR) is 70.9 cm³/mol. The molecule has 1 heterocycles. The molecule has 0 radical (unpaired) electrons. The van der Waals surface area contributed by atoms with Crippen LogP contribution in [0.1, 0.15) is 17.2 Å². The molecule has 8 heteroatoms. The molecule has 108 valence electrons. The Morgan fingerprint density at radius 3 is 2.60 bits per heavy atom. The van der Waals surface area contributed by atoms with Crippen molar-refractivity contribution >= 4 is 10.0 Å². The van der Waals surface area contributed by atoms with Crippen LogP contribution in [0.2, 0.25) is 0 Å². The minimum absolute atomic E-state index is 0.0160. The van der Waals surface area contributed by atoms with E-state index in [1.54, 1.807) is 13.8 Å². The molecule has 0 spiro atoms. The van der Waals surface area contributed by atoms with Gasteiger partial charge in [0.15, 0.2) is 5.82 Å². The summed E-state index contributed by atoms with van der Waals surface area (Å²) in [7, 11) is -2.37. The largest absolute Gasteiger partial charge is 0.263 e. The maximum Gasteiger partial charge on any atom is 0.243 e. The van der Waals surface area contributed by atoms with Crippen LogP contribution in [0.15, 0.2) is 23.1 Å². The van der Waals surface area contributed by atoms with Gasteiger partial charge >= 0.3 is 0 Å². The van der Waals surface area contributed by atoms with Crippen molar-refractivity contribution in [1.29, 1.82) is 0 Å². The average molecular weight is 298 g/mol. The van der Waals surface area contributed by atoms with E-state index in [-0.39, 0.29) is 11.4 Å². The molecule has 20 heavy (non-hydrogen) atoms. The summed E-state index contributed by atoms with van der Waals surface area (Å²) in [6.45, 7) is 3.31. The number of nitrogens with zero attached hydrogens (tertiary/aromatic N) is 3. The number of benzene rings is 1. The molecular formula is C12H15FN4O2S. The Hall–Kier alpha value is -1.80. The molecule has 0 amide bonds. The van der Waals surface area contributed by atoms with Crippen molar-refractivity contribution in [2.75, 3.05) is 7.05 Å². The quantitative estimate of drug-likeness (QED) is 0.925. The Morgan fingerprint density at radius 1 is 1.35 bits per heavy atom. The van der Waals surface area contributed by atoms with Gasteiger partial charge in [-0.2, -0.15) is 9.40 Å². The third kappa shape index (κ3) is 2.86. The second-order valence-electron chi connectivity index (χ2n) is 4.51. The highest BCUT2D eigenvalue weighted by molar-refractivity contribution is 7.89. The first kappa shape index (κ1) is 14.6. The van der Waals surface area contributed by atoms with Crippen LogP contribution in [-0.4, -0.2) is 35.0 Å². The molecule has 0 atom stereocenters. The molecular weight excluding hydrogens is 283 g/mol. The predicted octanol–water partition coefficient (Wildman–Crippen LogP) is 1.38. The summed E-state index contributed by atoms with van der Waals surface area (Å²) >= 11 is 0. The smallest absolute Gasteiger partial charge is 0.243 e. The maximum absolute atomic E-state index is 13.5. The van der Waals surface area contributed by atoms with Gasteiger partial charge in [0.1, 0.15) is 11.6 Å². The Morgan fingerprint density at radius 2 is 2.05 bits per heavy atom. The van der Waals surface area contributed by atoms with Crippen molar-refractivity contribution in [3.8, 4) is 0 Å². The maximum atomic E-state index is 13.5. The molecule has 0 saturated carbocycles. The van der Waals surface area contributed by atoms with E-state index in [0.717, 1.165) is 10.4 Å². The normalized spacial score (nSPS) is 12.1. The second-order valence-corrected chi connectivity index (χ2v) is 6.55. The molecule has 0 fully saturated rings. The molecule has 2 rings (SSSR count). The Kier molecular flexibility index (Phi) is 3.87. The van der Waals surface area contributed by atoms with Crippen LogP contribution in [0.3, 0.4) is 0 Å².